The summed E-state index contributed by atoms with van der Waals surface area (Å²) in [7, 11) is 0. The van der Waals surface area contributed by atoms with Gasteiger partial charge in [-0.1, -0.05) is 37.6 Å². The van der Waals surface area contributed by atoms with Gasteiger partial charge in [-0.2, -0.15) is 0 Å². The topological polar surface area (TPSA) is 50.7 Å². The van der Waals surface area contributed by atoms with Crippen LogP contribution in [0.3, 0.4) is 0 Å². The highest BCUT2D eigenvalue weighted by molar-refractivity contribution is 6.32. The molecule has 1 rings (SSSR count). The maximum absolute atomic E-state index is 8.62. The highest BCUT2D eigenvalue weighted by atomic mass is 35.5. The predicted molar refractivity (Wildman–Crippen MR) is 81.4 cm³/mol. The van der Waals surface area contributed by atoms with Gasteiger partial charge in [0.2, 0.25) is 0 Å². The van der Waals surface area contributed by atoms with Gasteiger partial charge in [0.05, 0.1) is 24.8 Å². The van der Waals surface area contributed by atoms with E-state index in [1.807, 2.05) is 18.2 Å². The Bertz CT molecular complexity index is 385. The molecule has 114 valence electrons. The number of para-hydroxylation sites is 1. The predicted octanol–water partition coefficient (Wildman–Crippen LogP) is 2.47. The van der Waals surface area contributed by atoms with E-state index in [1.165, 1.54) is 0 Å². The third-order valence-corrected chi connectivity index (χ3v) is 2.92. The molecule has 0 aliphatic rings. The van der Waals surface area contributed by atoms with Crippen LogP contribution < -0.4 is 10.1 Å². The molecule has 0 radical (unpaired) electrons. The third kappa shape index (κ3) is 6.57. The van der Waals surface area contributed by atoms with E-state index in [1.54, 1.807) is 0 Å². The molecule has 0 aliphatic carbocycles. The first-order chi connectivity index (χ1) is 9.65. The van der Waals surface area contributed by atoms with Gasteiger partial charge in [-0.05, 0) is 18.5 Å². The second kappa shape index (κ2) is 10.00. The van der Waals surface area contributed by atoms with Crippen LogP contribution in [0.2, 0.25) is 5.02 Å². The molecule has 1 aromatic rings. The Morgan fingerprint density at radius 1 is 1.25 bits per heavy atom. The highest BCUT2D eigenvalue weighted by Gasteiger charge is 2.08. The molecular weight excluding hydrogens is 278 g/mol. The quantitative estimate of drug-likeness (QED) is 0.652. The van der Waals surface area contributed by atoms with Gasteiger partial charge in [0.15, 0.2) is 0 Å². The van der Waals surface area contributed by atoms with Crippen molar-refractivity contribution < 1.29 is 14.6 Å². The smallest absolute Gasteiger partial charge is 0.142 e. The van der Waals surface area contributed by atoms with Gasteiger partial charge in [0.1, 0.15) is 12.4 Å². The summed E-state index contributed by atoms with van der Waals surface area (Å²) in [5, 5.41) is 12.6. The van der Waals surface area contributed by atoms with Crippen molar-refractivity contribution in [3.05, 3.63) is 28.8 Å². The molecule has 0 unspecified atom stereocenters. The fourth-order valence-electron chi connectivity index (χ4n) is 1.72. The Hall–Kier alpha value is -0.810. The standard InChI is InChI=1S/C15H24ClNO3/c1-12(2)10-17-11-13-4-3-5-14(16)15(13)20-9-8-19-7-6-18/h3-5,12,17-18H,6-11H2,1-2H3. The Balaban J connectivity index is 2.49. The second-order valence-electron chi connectivity index (χ2n) is 4.94. The Kier molecular flexibility index (Phi) is 8.62. The number of rotatable bonds is 10. The van der Waals surface area contributed by atoms with E-state index < -0.39 is 0 Å². The van der Waals surface area contributed by atoms with Crippen LogP contribution in [-0.2, 0) is 11.3 Å². The van der Waals surface area contributed by atoms with Crippen LogP contribution in [0.4, 0.5) is 0 Å². The summed E-state index contributed by atoms with van der Waals surface area (Å²) in [6, 6.07) is 5.74. The average molecular weight is 302 g/mol. The number of hydrogen-bond acceptors (Lipinski definition) is 4. The number of hydrogen-bond donors (Lipinski definition) is 2. The zero-order chi connectivity index (χ0) is 14.8. The number of halogens is 1. The van der Waals surface area contributed by atoms with E-state index in [-0.39, 0.29) is 6.61 Å². The molecule has 0 saturated carbocycles. The summed E-state index contributed by atoms with van der Waals surface area (Å²) in [5.41, 5.74) is 1.04. The number of benzene rings is 1. The average Bonchev–Trinajstić information content (AvgIpc) is 2.40. The van der Waals surface area contributed by atoms with E-state index >= 15 is 0 Å². The maximum Gasteiger partial charge on any atom is 0.142 e. The lowest BCUT2D eigenvalue weighted by molar-refractivity contribution is 0.0703. The van der Waals surface area contributed by atoms with Crippen molar-refractivity contribution in [2.45, 2.75) is 20.4 Å². The summed E-state index contributed by atoms with van der Waals surface area (Å²) < 4.78 is 10.9. The van der Waals surface area contributed by atoms with Crippen LogP contribution in [0.1, 0.15) is 19.4 Å². The molecule has 5 heteroatoms. The van der Waals surface area contributed by atoms with Crippen LogP contribution in [-0.4, -0.2) is 38.1 Å². The van der Waals surface area contributed by atoms with Gasteiger partial charge >= 0.3 is 0 Å². The minimum Gasteiger partial charge on any atom is -0.489 e. The fourth-order valence-corrected chi connectivity index (χ4v) is 1.97. The van der Waals surface area contributed by atoms with Crippen molar-refractivity contribution in [3.63, 3.8) is 0 Å². The molecule has 0 aromatic heterocycles. The molecule has 0 amide bonds. The largest absolute Gasteiger partial charge is 0.489 e. The zero-order valence-corrected chi connectivity index (χ0v) is 12.9. The van der Waals surface area contributed by atoms with Gasteiger partial charge in [-0.25, -0.2) is 0 Å². The molecule has 0 saturated heterocycles. The Labute approximate surface area is 126 Å². The lowest BCUT2D eigenvalue weighted by atomic mass is 10.2. The minimum absolute atomic E-state index is 0.0243. The minimum atomic E-state index is 0.0243. The lowest BCUT2D eigenvalue weighted by Crippen LogP contribution is -2.19. The molecule has 0 heterocycles. The molecule has 0 bridgehead atoms. The molecule has 20 heavy (non-hydrogen) atoms. The van der Waals surface area contributed by atoms with Crippen molar-refractivity contribution in [1.29, 1.82) is 0 Å². The van der Waals surface area contributed by atoms with Crippen molar-refractivity contribution in [1.82, 2.24) is 5.32 Å². The Morgan fingerprint density at radius 2 is 2.05 bits per heavy atom. The summed E-state index contributed by atoms with van der Waals surface area (Å²) in [5.74, 6) is 1.31. The summed E-state index contributed by atoms with van der Waals surface area (Å²) in [4.78, 5) is 0. The zero-order valence-electron chi connectivity index (χ0n) is 12.2. The molecule has 0 atom stereocenters. The third-order valence-electron chi connectivity index (χ3n) is 2.63. The van der Waals surface area contributed by atoms with E-state index in [9.17, 15) is 0 Å². The first-order valence-corrected chi connectivity index (χ1v) is 7.32. The summed E-state index contributed by atoms with van der Waals surface area (Å²) in [6.07, 6.45) is 0. The highest BCUT2D eigenvalue weighted by Crippen LogP contribution is 2.28. The number of aliphatic hydroxyl groups is 1. The van der Waals surface area contributed by atoms with E-state index in [2.05, 4.69) is 19.2 Å². The van der Waals surface area contributed by atoms with Crippen molar-refractivity contribution in [2.24, 2.45) is 5.92 Å². The summed E-state index contributed by atoms with van der Waals surface area (Å²) in [6.45, 7) is 7.22. The van der Waals surface area contributed by atoms with Crippen molar-refractivity contribution in [3.8, 4) is 5.75 Å². The molecule has 0 spiro atoms. The number of ether oxygens (including phenoxy) is 2. The van der Waals surface area contributed by atoms with E-state index in [0.717, 1.165) is 18.7 Å². The molecule has 0 fully saturated rings. The van der Waals surface area contributed by atoms with Crippen LogP contribution in [0.25, 0.3) is 0 Å². The first-order valence-electron chi connectivity index (χ1n) is 6.94. The SMILES string of the molecule is CC(C)CNCc1cccc(Cl)c1OCCOCCO. The van der Waals surface area contributed by atoms with E-state index in [0.29, 0.717) is 36.5 Å². The second-order valence-corrected chi connectivity index (χ2v) is 5.34. The van der Waals surface area contributed by atoms with Gasteiger partial charge in [-0.3, -0.25) is 0 Å². The molecule has 1 aromatic carbocycles. The molecular formula is C15H24ClNO3. The van der Waals surface area contributed by atoms with Crippen molar-refractivity contribution in [2.75, 3.05) is 33.0 Å². The van der Waals surface area contributed by atoms with Crippen molar-refractivity contribution >= 4 is 11.6 Å². The van der Waals surface area contributed by atoms with Gasteiger partial charge in [0.25, 0.3) is 0 Å². The van der Waals surface area contributed by atoms with Gasteiger partial charge in [-0.15, -0.1) is 0 Å². The Morgan fingerprint density at radius 3 is 2.75 bits per heavy atom. The number of aliphatic hydroxyl groups excluding tert-OH is 1. The van der Waals surface area contributed by atoms with Gasteiger partial charge in [0, 0.05) is 12.1 Å². The van der Waals surface area contributed by atoms with Crippen LogP contribution >= 0.6 is 11.6 Å². The van der Waals surface area contributed by atoms with E-state index in [4.69, 9.17) is 26.2 Å². The fraction of sp³-hybridized carbons (Fsp3) is 0.600. The molecule has 4 nitrogen and oxygen atoms in total. The van der Waals surface area contributed by atoms with Crippen LogP contribution in [0.15, 0.2) is 18.2 Å². The summed E-state index contributed by atoms with van der Waals surface area (Å²) >= 11 is 6.18. The lowest BCUT2D eigenvalue weighted by Gasteiger charge is -2.14. The monoisotopic (exact) mass is 301 g/mol. The molecule has 2 N–H and O–H groups in total. The van der Waals surface area contributed by atoms with Crippen LogP contribution in [0, 0.1) is 5.92 Å². The maximum atomic E-state index is 8.62. The van der Waals surface area contributed by atoms with Gasteiger partial charge < -0.3 is 19.9 Å². The van der Waals surface area contributed by atoms with Crippen LogP contribution in [0.5, 0.6) is 5.75 Å². The number of nitrogens with one attached hydrogen (secondary N) is 1. The first kappa shape index (κ1) is 17.2. The molecule has 0 aliphatic heterocycles. The normalized spacial score (nSPS) is 11.1.